The number of hydrogen-bond acceptors (Lipinski definition) is 3. The van der Waals surface area contributed by atoms with Gasteiger partial charge in [0, 0.05) is 13.2 Å². The maximum Gasteiger partial charge on any atom is 0.326 e. The molecule has 0 spiro atoms. The van der Waals surface area contributed by atoms with Crippen molar-refractivity contribution in [2.45, 2.75) is 40.7 Å². The Kier molecular flexibility index (Phi) is 7.44. The van der Waals surface area contributed by atoms with Crippen molar-refractivity contribution >= 4 is 12.0 Å². The summed E-state index contributed by atoms with van der Waals surface area (Å²) in [6.45, 7) is 10.8. The summed E-state index contributed by atoms with van der Waals surface area (Å²) in [4.78, 5) is 22.6. The predicted molar refractivity (Wildman–Crippen MR) is 73.1 cm³/mol. The van der Waals surface area contributed by atoms with Crippen LogP contribution in [0.15, 0.2) is 0 Å². The maximum absolute atomic E-state index is 11.6. The molecular formula is C13H26N2O4. The van der Waals surface area contributed by atoms with E-state index in [4.69, 9.17) is 9.84 Å². The number of amides is 2. The summed E-state index contributed by atoms with van der Waals surface area (Å²) in [5.41, 5.74) is -0.544. The van der Waals surface area contributed by atoms with Crippen molar-refractivity contribution in [1.29, 1.82) is 0 Å². The number of ether oxygens (including phenoxy) is 1. The van der Waals surface area contributed by atoms with Crippen molar-refractivity contribution in [1.82, 2.24) is 10.6 Å². The van der Waals surface area contributed by atoms with Gasteiger partial charge in [-0.15, -0.1) is 0 Å². The zero-order chi connectivity index (χ0) is 15.1. The van der Waals surface area contributed by atoms with Crippen molar-refractivity contribution in [2.24, 2.45) is 11.3 Å². The first-order valence-corrected chi connectivity index (χ1v) is 6.49. The Morgan fingerprint density at radius 2 is 1.84 bits per heavy atom. The molecule has 0 saturated carbocycles. The molecule has 0 aliphatic rings. The predicted octanol–water partition coefficient (Wildman–Crippen LogP) is 1.46. The third kappa shape index (κ3) is 8.42. The lowest BCUT2D eigenvalue weighted by atomic mass is 9.87. The molecule has 0 fully saturated rings. The molecule has 6 nitrogen and oxygen atoms in total. The van der Waals surface area contributed by atoms with Crippen molar-refractivity contribution in [3.63, 3.8) is 0 Å². The van der Waals surface area contributed by atoms with Gasteiger partial charge in [-0.1, -0.05) is 34.6 Å². The van der Waals surface area contributed by atoms with E-state index in [9.17, 15) is 9.59 Å². The van der Waals surface area contributed by atoms with E-state index < -0.39 is 23.5 Å². The van der Waals surface area contributed by atoms with E-state index in [2.05, 4.69) is 10.6 Å². The van der Waals surface area contributed by atoms with E-state index in [-0.39, 0.29) is 0 Å². The van der Waals surface area contributed by atoms with Crippen LogP contribution >= 0.6 is 0 Å². The van der Waals surface area contributed by atoms with Gasteiger partial charge >= 0.3 is 12.0 Å². The number of hydrogen-bond donors (Lipinski definition) is 3. The number of carbonyl (C=O) groups is 2. The maximum atomic E-state index is 11.6. The normalized spacial score (nSPS) is 13.2. The summed E-state index contributed by atoms with van der Waals surface area (Å²) >= 11 is 0. The first kappa shape index (κ1) is 17.7. The number of carboxylic acid groups (broad SMARTS) is 1. The largest absolute Gasteiger partial charge is 0.480 e. The monoisotopic (exact) mass is 274 g/mol. The average Bonchev–Trinajstić information content (AvgIpc) is 2.23. The van der Waals surface area contributed by atoms with Crippen LogP contribution in [0.5, 0.6) is 0 Å². The van der Waals surface area contributed by atoms with Crippen LogP contribution in [0.1, 0.15) is 34.6 Å². The highest BCUT2D eigenvalue weighted by Gasteiger charge is 2.32. The summed E-state index contributed by atoms with van der Waals surface area (Å²) in [6.07, 6.45) is 0. The summed E-state index contributed by atoms with van der Waals surface area (Å²) in [6, 6.07) is -1.42. The Morgan fingerprint density at radius 1 is 1.26 bits per heavy atom. The number of nitrogens with one attached hydrogen (secondary N) is 2. The van der Waals surface area contributed by atoms with Crippen LogP contribution in [-0.4, -0.2) is 42.9 Å². The van der Waals surface area contributed by atoms with Crippen LogP contribution in [0.3, 0.4) is 0 Å². The standard InChI is InChI=1S/C13H26N2O4/c1-9(2)8-19-7-6-14-12(18)15-10(11(16)17)13(3,4)5/h9-10H,6-8H2,1-5H3,(H,16,17)(H2,14,15,18)/t10-/m1/s1. The molecular weight excluding hydrogens is 248 g/mol. The molecule has 0 aromatic carbocycles. The summed E-state index contributed by atoms with van der Waals surface area (Å²) in [7, 11) is 0. The molecule has 6 heteroatoms. The fourth-order valence-corrected chi connectivity index (χ4v) is 1.39. The van der Waals surface area contributed by atoms with E-state index in [1.54, 1.807) is 20.8 Å². The van der Waals surface area contributed by atoms with Crippen molar-refractivity contribution < 1.29 is 19.4 Å². The number of urea groups is 1. The molecule has 0 unspecified atom stereocenters. The highest BCUT2D eigenvalue weighted by molar-refractivity contribution is 5.83. The molecule has 3 N–H and O–H groups in total. The number of carbonyl (C=O) groups excluding carboxylic acids is 1. The lowest BCUT2D eigenvalue weighted by Gasteiger charge is -2.27. The highest BCUT2D eigenvalue weighted by Crippen LogP contribution is 2.19. The van der Waals surface area contributed by atoms with E-state index in [1.807, 2.05) is 13.8 Å². The van der Waals surface area contributed by atoms with E-state index in [0.717, 1.165) is 0 Å². The SMILES string of the molecule is CC(C)COCCNC(=O)N[C@H](C(=O)O)C(C)(C)C. The smallest absolute Gasteiger partial charge is 0.326 e. The lowest BCUT2D eigenvalue weighted by Crippen LogP contribution is -2.52. The van der Waals surface area contributed by atoms with Crippen LogP contribution < -0.4 is 10.6 Å². The van der Waals surface area contributed by atoms with Crippen molar-refractivity contribution in [3.05, 3.63) is 0 Å². The van der Waals surface area contributed by atoms with Gasteiger partial charge in [-0.25, -0.2) is 9.59 Å². The third-order valence-corrected chi connectivity index (χ3v) is 2.37. The van der Waals surface area contributed by atoms with Crippen LogP contribution in [0.25, 0.3) is 0 Å². The number of carboxylic acids is 1. The molecule has 1 atom stereocenters. The second-order valence-corrected chi connectivity index (χ2v) is 6.01. The zero-order valence-corrected chi connectivity index (χ0v) is 12.4. The topological polar surface area (TPSA) is 87.7 Å². The molecule has 112 valence electrons. The van der Waals surface area contributed by atoms with E-state index >= 15 is 0 Å². The van der Waals surface area contributed by atoms with E-state index in [0.29, 0.717) is 25.7 Å². The molecule has 0 heterocycles. The highest BCUT2D eigenvalue weighted by atomic mass is 16.5. The molecule has 0 bridgehead atoms. The third-order valence-electron chi connectivity index (χ3n) is 2.37. The minimum atomic E-state index is -1.04. The second kappa shape index (κ2) is 7.99. The summed E-state index contributed by atoms with van der Waals surface area (Å²) in [5.74, 6) is -0.593. The number of rotatable bonds is 7. The molecule has 0 saturated heterocycles. The fraction of sp³-hybridized carbons (Fsp3) is 0.846. The van der Waals surface area contributed by atoms with Gasteiger partial charge in [0.15, 0.2) is 0 Å². The van der Waals surface area contributed by atoms with E-state index in [1.165, 1.54) is 0 Å². The molecule has 0 radical (unpaired) electrons. The first-order chi connectivity index (χ1) is 8.64. The minimum absolute atomic E-state index is 0.356. The van der Waals surface area contributed by atoms with Crippen molar-refractivity contribution in [3.8, 4) is 0 Å². The number of aliphatic carboxylic acids is 1. The van der Waals surface area contributed by atoms with Gasteiger partial charge in [0.2, 0.25) is 0 Å². The zero-order valence-electron chi connectivity index (χ0n) is 12.4. The molecule has 0 aromatic rings. The Bertz CT molecular complexity index is 298. The van der Waals surface area contributed by atoms with Gasteiger partial charge in [-0.3, -0.25) is 0 Å². The summed E-state index contributed by atoms with van der Waals surface area (Å²) in [5, 5.41) is 14.1. The second-order valence-electron chi connectivity index (χ2n) is 6.01. The molecule has 0 aliphatic carbocycles. The lowest BCUT2D eigenvalue weighted by molar-refractivity contribution is -0.141. The average molecular weight is 274 g/mol. The Morgan fingerprint density at radius 3 is 2.26 bits per heavy atom. The van der Waals surface area contributed by atoms with Gasteiger partial charge < -0.3 is 20.5 Å². The molecule has 0 aliphatic heterocycles. The van der Waals surface area contributed by atoms with Gasteiger partial charge in [0.1, 0.15) is 6.04 Å². The van der Waals surface area contributed by atoms with Crippen molar-refractivity contribution in [2.75, 3.05) is 19.8 Å². The molecule has 2 amide bonds. The van der Waals surface area contributed by atoms with Crippen LogP contribution in [0.4, 0.5) is 4.79 Å². The molecule has 19 heavy (non-hydrogen) atoms. The van der Waals surface area contributed by atoms with Crippen LogP contribution in [0, 0.1) is 11.3 Å². The van der Waals surface area contributed by atoms with Gasteiger partial charge in [0.25, 0.3) is 0 Å². The summed E-state index contributed by atoms with van der Waals surface area (Å²) < 4.78 is 5.31. The van der Waals surface area contributed by atoms with Crippen LogP contribution in [-0.2, 0) is 9.53 Å². The fourth-order valence-electron chi connectivity index (χ4n) is 1.39. The van der Waals surface area contributed by atoms with Gasteiger partial charge in [-0.2, -0.15) is 0 Å². The molecule has 0 rings (SSSR count). The Labute approximate surface area is 114 Å². The van der Waals surface area contributed by atoms with Gasteiger partial charge in [0.05, 0.1) is 6.61 Å². The van der Waals surface area contributed by atoms with Crippen LogP contribution in [0.2, 0.25) is 0 Å². The first-order valence-electron chi connectivity index (χ1n) is 6.49. The Hall–Kier alpha value is -1.30. The quantitative estimate of drug-likeness (QED) is 0.613. The molecule has 0 aromatic heterocycles. The minimum Gasteiger partial charge on any atom is -0.480 e. The van der Waals surface area contributed by atoms with Gasteiger partial charge in [-0.05, 0) is 11.3 Å². The Balaban J connectivity index is 3.99.